The minimum absolute atomic E-state index is 0.195. The fourth-order valence-corrected chi connectivity index (χ4v) is 3.08. The lowest BCUT2D eigenvalue weighted by Crippen LogP contribution is -2.15. The summed E-state index contributed by atoms with van der Waals surface area (Å²) in [6, 6.07) is 20.0. The standard InChI is InChI=1S/C22H18N2O4/c1-14(25)23-18-8-4-5-9-19(18)24-22(26)17-7-3-2-6-16(17)15-10-11-20-21(12-15)28-13-27-20/h2-12H,13H2,1H3,(H,23,25)(H,24,26). The molecule has 3 aromatic carbocycles. The van der Waals surface area contributed by atoms with Gasteiger partial charge in [0.1, 0.15) is 0 Å². The summed E-state index contributed by atoms with van der Waals surface area (Å²) in [6.07, 6.45) is 0. The second-order valence-electron chi connectivity index (χ2n) is 6.29. The molecule has 0 bridgehead atoms. The van der Waals surface area contributed by atoms with Crippen molar-refractivity contribution in [3.05, 3.63) is 72.3 Å². The molecule has 140 valence electrons. The van der Waals surface area contributed by atoms with Crippen LogP contribution in [-0.4, -0.2) is 18.6 Å². The molecule has 0 saturated heterocycles. The third-order valence-corrected chi connectivity index (χ3v) is 4.34. The van der Waals surface area contributed by atoms with Crippen LogP contribution in [0.1, 0.15) is 17.3 Å². The van der Waals surface area contributed by atoms with Gasteiger partial charge in [0.2, 0.25) is 12.7 Å². The number of carbonyl (C=O) groups is 2. The molecule has 4 rings (SSSR count). The Hall–Kier alpha value is -3.80. The van der Waals surface area contributed by atoms with Crippen LogP contribution < -0.4 is 20.1 Å². The minimum Gasteiger partial charge on any atom is -0.454 e. The van der Waals surface area contributed by atoms with Gasteiger partial charge < -0.3 is 20.1 Å². The van der Waals surface area contributed by atoms with Gasteiger partial charge in [0.25, 0.3) is 5.91 Å². The molecule has 1 aliphatic rings. The van der Waals surface area contributed by atoms with Crippen LogP contribution in [-0.2, 0) is 4.79 Å². The van der Waals surface area contributed by atoms with Crippen LogP contribution in [0.25, 0.3) is 11.1 Å². The maximum absolute atomic E-state index is 13.0. The van der Waals surface area contributed by atoms with E-state index in [4.69, 9.17) is 9.47 Å². The molecule has 1 heterocycles. The second kappa shape index (κ2) is 7.44. The van der Waals surface area contributed by atoms with Crippen molar-refractivity contribution in [1.29, 1.82) is 0 Å². The molecule has 0 unspecified atom stereocenters. The van der Waals surface area contributed by atoms with Crippen molar-refractivity contribution >= 4 is 23.2 Å². The zero-order chi connectivity index (χ0) is 19.5. The number of rotatable bonds is 4. The van der Waals surface area contributed by atoms with Gasteiger partial charge >= 0.3 is 0 Å². The summed E-state index contributed by atoms with van der Waals surface area (Å²) in [6.45, 7) is 1.62. The van der Waals surface area contributed by atoms with Gasteiger partial charge in [0, 0.05) is 12.5 Å². The largest absolute Gasteiger partial charge is 0.454 e. The molecule has 0 spiro atoms. The first-order chi connectivity index (χ1) is 13.6. The number of nitrogens with one attached hydrogen (secondary N) is 2. The Kier molecular flexibility index (Phi) is 4.68. The molecule has 3 aromatic rings. The topological polar surface area (TPSA) is 76.7 Å². The van der Waals surface area contributed by atoms with Crippen molar-refractivity contribution in [1.82, 2.24) is 0 Å². The fourth-order valence-electron chi connectivity index (χ4n) is 3.08. The van der Waals surface area contributed by atoms with E-state index in [0.29, 0.717) is 28.4 Å². The molecule has 6 heteroatoms. The minimum atomic E-state index is -0.272. The van der Waals surface area contributed by atoms with E-state index in [2.05, 4.69) is 10.6 Å². The molecule has 6 nitrogen and oxygen atoms in total. The number of ether oxygens (including phenoxy) is 2. The summed E-state index contributed by atoms with van der Waals surface area (Å²) in [4.78, 5) is 24.4. The fraction of sp³-hybridized carbons (Fsp3) is 0.0909. The van der Waals surface area contributed by atoms with Crippen LogP contribution in [0.15, 0.2) is 66.7 Å². The van der Waals surface area contributed by atoms with Gasteiger partial charge in [-0.1, -0.05) is 36.4 Å². The highest BCUT2D eigenvalue weighted by atomic mass is 16.7. The van der Waals surface area contributed by atoms with E-state index in [1.807, 2.05) is 36.4 Å². The first-order valence-electron chi connectivity index (χ1n) is 8.79. The number of hydrogen-bond donors (Lipinski definition) is 2. The van der Waals surface area contributed by atoms with E-state index in [1.54, 1.807) is 30.3 Å². The SMILES string of the molecule is CC(=O)Nc1ccccc1NC(=O)c1ccccc1-c1ccc2c(c1)OCO2. The van der Waals surface area contributed by atoms with E-state index >= 15 is 0 Å². The molecule has 2 amide bonds. The predicted octanol–water partition coefficient (Wildman–Crippen LogP) is 4.29. The van der Waals surface area contributed by atoms with Crippen LogP contribution in [0.2, 0.25) is 0 Å². The van der Waals surface area contributed by atoms with Crippen molar-refractivity contribution in [2.75, 3.05) is 17.4 Å². The quantitative estimate of drug-likeness (QED) is 0.714. The summed E-state index contributed by atoms with van der Waals surface area (Å²) in [7, 11) is 0. The van der Waals surface area contributed by atoms with Gasteiger partial charge in [-0.05, 0) is 41.5 Å². The third kappa shape index (κ3) is 3.53. The molecule has 0 aromatic heterocycles. The molecule has 0 saturated carbocycles. The lowest BCUT2D eigenvalue weighted by molar-refractivity contribution is -0.114. The molecular formula is C22H18N2O4. The Morgan fingerprint density at radius 2 is 1.50 bits per heavy atom. The van der Waals surface area contributed by atoms with Crippen molar-refractivity contribution < 1.29 is 19.1 Å². The monoisotopic (exact) mass is 374 g/mol. The summed E-state index contributed by atoms with van der Waals surface area (Å²) >= 11 is 0. The molecule has 0 fully saturated rings. The van der Waals surface area contributed by atoms with Gasteiger partial charge in [-0.15, -0.1) is 0 Å². The number of amides is 2. The summed E-state index contributed by atoms with van der Waals surface area (Å²) in [5.41, 5.74) is 3.21. The molecule has 0 atom stereocenters. The summed E-state index contributed by atoms with van der Waals surface area (Å²) in [5, 5.41) is 5.61. The maximum Gasteiger partial charge on any atom is 0.256 e. The first-order valence-corrected chi connectivity index (χ1v) is 8.79. The molecule has 0 aliphatic carbocycles. The highest BCUT2D eigenvalue weighted by Gasteiger charge is 2.18. The Morgan fingerprint density at radius 3 is 2.29 bits per heavy atom. The second-order valence-corrected chi connectivity index (χ2v) is 6.29. The third-order valence-electron chi connectivity index (χ3n) is 4.34. The van der Waals surface area contributed by atoms with E-state index < -0.39 is 0 Å². The lowest BCUT2D eigenvalue weighted by atomic mass is 9.98. The summed E-state index contributed by atoms with van der Waals surface area (Å²) < 4.78 is 10.8. The average molecular weight is 374 g/mol. The highest BCUT2D eigenvalue weighted by molar-refractivity contribution is 6.10. The van der Waals surface area contributed by atoms with Crippen molar-refractivity contribution in [3.63, 3.8) is 0 Å². The number of benzene rings is 3. The number of fused-ring (bicyclic) bond motifs is 1. The van der Waals surface area contributed by atoms with Crippen molar-refractivity contribution in [2.45, 2.75) is 6.92 Å². The van der Waals surface area contributed by atoms with Gasteiger partial charge in [-0.2, -0.15) is 0 Å². The van der Waals surface area contributed by atoms with Gasteiger partial charge in [-0.3, -0.25) is 9.59 Å². The van der Waals surface area contributed by atoms with E-state index in [1.165, 1.54) is 6.92 Å². The molecule has 28 heavy (non-hydrogen) atoms. The van der Waals surface area contributed by atoms with Crippen LogP contribution in [0.5, 0.6) is 11.5 Å². The number of para-hydroxylation sites is 2. The Labute approximate surface area is 162 Å². The van der Waals surface area contributed by atoms with E-state index in [0.717, 1.165) is 11.1 Å². The Morgan fingerprint density at radius 1 is 0.821 bits per heavy atom. The molecule has 1 aliphatic heterocycles. The summed E-state index contributed by atoms with van der Waals surface area (Å²) in [5.74, 6) is 0.868. The zero-order valence-corrected chi connectivity index (χ0v) is 15.2. The maximum atomic E-state index is 13.0. The molecular weight excluding hydrogens is 356 g/mol. The highest BCUT2D eigenvalue weighted by Crippen LogP contribution is 2.37. The van der Waals surface area contributed by atoms with Crippen molar-refractivity contribution in [2.24, 2.45) is 0 Å². The van der Waals surface area contributed by atoms with Gasteiger partial charge in [-0.25, -0.2) is 0 Å². The Bertz CT molecular complexity index is 1060. The zero-order valence-electron chi connectivity index (χ0n) is 15.2. The predicted molar refractivity (Wildman–Crippen MR) is 107 cm³/mol. The van der Waals surface area contributed by atoms with Crippen LogP contribution in [0, 0.1) is 0 Å². The number of anilines is 2. The van der Waals surface area contributed by atoms with Gasteiger partial charge in [0.05, 0.1) is 11.4 Å². The van der Waals surface area contributed by atoms with Crippen LogP contribution in [0.4, 0.5) is 11.4 Å². The van der Waals surface area contributed by atoms with Crippen LogP contribution >= 0.6 is 0 Å². The first kappa shape index (κ1) is 17.6. The Balaban J connectivity index is 1.66. The van der Waals surface area contributed by atoms with E-state index in [-0.39, 0.29) is 18.6 Å². The van der Waals surface area contributed by atoms with Crippen molar-refractivity contribution in [3.8, 4) is 22.6 Å². The lowest BCUT2D eigenvalue weighted by Gasteiger charge is -2.14. The van der Waals surface area contributed by atoms with Gasteiger partial charge in [0.15, 0.2) is 11.5 Å². The molecule has 0 radical (unpaired) electrons. The van der Waals surface area contributed by atoms with Crippen LogP contribution in [0.3, 0.4) is 0 Å². The smallest absolute Gasteiger partial charge is 0.256 e. The number of carbonyl (C=O) groups excluding carboxylic acids is 2. The normalized spacial score (nSPS) is 11.8. The van der Waals surface area contributed by atoms with E-state index in [9.17, 15) is 9.59 Å². The molecule has 2 N–H and O–H groups in total. The average Bonchev–Trinajstić information content (AvgIpc) is 3.17. The number of hydrogen-bond acceptors (Lipinski definition) is 4.